The van der Waals surface area contributed by atoms with Crippen molar-refractivity contribution in [3.63, 3.8) is 0 Å². The minimum atomic E-state index is -1.03. The Kier molecular flexibility index (Phi) is 7.33. The van der Waals surface area contributed by atoms with Crippen LogP contribution in [0.5, 0.6) is 0 Å². The number of anilines is 1. The lowest BCUT2D eigenvalue weighted by molar-refractivity contribution is -0.138. The van der Waals surface area contributed by atoms with Crippen LogP contribution in [0.25, 0.3) is 0 Å². The summed E-state index contributed by atoms with van der Waals surface area (Å²) in [5.74, 6) is -1.15. The van der Waals surface area contributed by atoms with Crippen LogP contribution in [0.4, 0.5) is 5.69 Å². The summed E-state index contributed by atoms with van der Waals surface area (Å²) in [4.78, 5) is 26.0. The number of aliphatic carboxylic acids is 1. The fraction of sp³-hybridized carbons (Fsp3) is 0.440. The molecule has 0 bridgehead atoms. The Morgan fingerprint density at radius 3 is 2.61 bits per heavy atom. The van der Waals surface area contributed by atoms with Crippen molar-refractivity contribution in [1.82, 2.24) is 10.2 Å². The molecule has 1 aliphatic rings. The largest absolute Gasteiger partial charge is 0.480 e. The molecule has 1 heterocycles. The number of piperidine rings is 1. The highest BCUT2D eigenvalue weighted by molar-refractivity contribution is 5.83. The fourth-order valence-electron chi connectivity index (χ4n) is 4.56. The first kappa shape index (κ1) is 22.8. The summed E-state index contributed by atoms with van der Waals surface area (Å²) in [7, 11) is 0. The molecule has 0 unspecified atom stereocenters. The highest BCUT2D eigenvalue weighted by atomic mass is 16.4. The first-order chi connectivity index (χ1) is 14.8. The van der Waals surface area contributed by atoms with E-state index < -0.39 is 5.97 Å². The highest BCUT2D eigenvalue weighted by Gasteiger charge is 2.39. The van der Waals surface area contributed by atoms with Crippen LogP contribution in [0.3, 0.4) is 0 Å². The number of carboxylic acid groups (broad SMARTS) is 1. The van der Waals surface area contributed by atoms with Crippen molar-refractivity contribution in [2.45, 2.75) is 32.1 Å². The van der Waals surface area contributed by atoms with Gasteiger partial charge in [-0.2, -0.15) is 0 Å². The van der Waals surface area contributed by atoms with Crippen molar-refractivity contribution >= 4 is 17.6 Å². The molecule has 1 amide bonds. The maximum absolute atomic E-state index is 12.8. The van der Waals surface area contributed by atoms with E-state index in [2.05, 4.69) is 36.2 Å². The molecule has 1 saturated heterocycles. The van der Waals surface area contributed by atoms with Crippen LogP contribution in [0.15, 0.2) is 54.6 Å². The van der Waals surface area contributed by atoms with Crippen molar-refractivity contribution in [1.29, 1.82) is 0 Å². The van der Waals surface area contributed by atoms with Gasteiger partial charge in [-0.05, 0) is 54.0 Å². The summed E-state index contributed by atoms with van der Waals surface area (Å²) in [6.07, 6.45) is 1.57. The number of benzene rings is 2. The smallest absolute Gasteiger partial charge is 0.322 e. The van der Waals surface area contributed by atoms with Gasteiger partial charge in [0, 0.05) is 18.8 Å². The van der Waals surface area contributed by atoms with E-state index in [4.69, 9.17) is 10.8 Å². The van der Waals surface area contributed by atoms with E-state index in [1.807, 2.05) is 42.5 Å². The Labute approximate surface area is 184 Å². The zero-order valence-corrected chi connectivity index (χ0v) is 18.4. The van der Waals surface area contributed by atoms with Gasteiger partial charge in [-0.15, -0.1) is 0 Å². The van der Waals surface area contributed by atoms with Gasteiger partial charge in [-0.25, -0.2) is 0 Å². The van der Waals surface area contributed by atoms with Gasteiger partial charge in [0.15, 0.2) is 0 Å². The van der Waals surface area contributed by atoms with E-state index >= 15 is 0 Å². The van der Waals surface area contributed by atoms with Gasteiger partial charge in [0.2, 0.25) is 5.91 Å². The Balaban J connectivity index is 1.69. The number of hydrogen-bond acceptors (Lipinski definition) is 4. The van der Waals surface area contributed by atoms with Gasteiger partial charge in [0.25, 0.3) is 0 Å². The van der Waals surface area contributed by atoms with E-state index in [0.717, 1.165) is 30.8 Å². The first-order valence-electron chi connectivity index (χ1n) is 10.9. The topological polar surface area (TPSA) is 95.7 Å². The average Bonchev–Trinajstić information content (AvgIpc) is 2.75. The summed E-state index contributed by atoms with van der Waals surface area (Å²) in [6.45, 7) is 6.57. The van der Waals surface area contributed by atoms with Crippen LogP contribution in [0.2, 0.25) is 0 Å². The predicted octanol–water partition coefficient (Wildman–Crippen LogP) is 2.93. The minimum Gasteiger partial charge on any atom is -0.480 e. The van der Waals surface area contributed by atoms with Gasteiger partial charge in [0.1, 0.15) is 6.54 Å². The van der Waals surface area contributed by atoms with Gasteiger partial charge in [0.05, 0.1) is 5.92 Å². The van der Waals surface area contributed by atoms with Gasteiger partial charge in [-0.1, -0.05) is 56.3 Å². The number of nitrogen functional groups attached to an aromatic ring is 1. The third kappa shape index (κ3) is 5.85. The Morgan fingerprint density at radius 2 is 1.97 bits per heavy atom. The minimum absolute atomic E-state index is 0.0341. The number of hydrogen-bond donors (Lipinski definition) is 3. The monoisotopic (exact) mass is 423 g/mol. The van der Waals surface area contributed by atoms with Crippen molar-refractivity contribution in [3.8, 4) is 0 Å². The SMILES string of the molecule is C[C@H]1CN(C[C@H](Cc2ccccc2)C(=O)NCC(=O)O)CC[C@@]1(C)c1cccc(N)c1. The number of rotatable bonds is 8. The van der Waals surface area contributed by atoms with E-state index in [0.29, 0.717) is 18.9 Å². The summed E-state index contributed by atoms with van der Waals surface area (Å²) in [6, 6.07) is 18.0. The van der Waals surface area contributed by atoms with Gasteiger partial charge >= 0.3 is 5.97 Å². The van der Waals surface area contributed by atoms with Crippen LogP contribution in [-0.2, 0) is 21.4 Å². The Hall–Kier alpha value is -2.86. The van der Waals surface area contributed by atoms with Crippen LogP contribution >= 0.6 is 0 Å². The molecular formula is C25H33N3O3. The number of nitrogens with zero attached hydrogens (tertiary/aromatic N) is 1. The summed E-state index contributed by atoms with van der Waals surface area (Å²) >= 11 is 0. The van der Waals surface area contributed by atoms with E-state index in [-0.39, 0.29) is 23.8 Å². The predicted molar refractivity (Wildman–Crippen MR) is 123 cm³/mol. The first-order valence-corrected chi connectivity index (χ1v) is 10.9. The molecule has 0 aliphatic carbocycles. The number of likely N-dealkylation sites (tertiary alicyclic amines) is 1. The van der Waals surface area contributed by atoms with Crippen LogP contribution < -0.4 is 11.1 Å². The zero-order valence-electron chi connectivity index (χ0n) is 18.4. The number of carbonyl (C=O) groups is 2. The number of carboxylic acids is 1. The lowest BCUT2D eigenvalue weighted by Gasteiger charge is -2.46. The second kappa shape index (κ2) is 9.96. The molecule has 0 spiro atoms. The van der Waals surface area contributed by atoms with E-state index in [1.165, 1.54) is 5.56 Å². The lowest BCUT2D eigenvalue weighted by atomic mass is 9.68. The summed E-state index contributed by atoms with van der Waals surface area (Å²) < 4.78 is 0. The van der Waals surface area contributed by atoms with E-state index in [9.17, 15) is 9.59 Å². The molecule has 31 heavy (non-hydrogen) atoms. The zero-order chi connectivity index (χ0) is 22.4. The third-order valence-electron chi connectivity index (χ3n) is 6.70. The van der Waals surface area contributed by atoms with Gasteiger partial charge < -0.3 is 21.1 Å². The molecule has 166 valence electrons. The maximum atomic E-state index is 12.8. The van der Waals surface area contributed by atoms with Crippen molar-refractivity contribution in [2.24, 2.45) is 11.8 Å². The number of nitrogens with two attached hydrogens (primary N) is 1. The molecule has 1 aliphatic heterocycles. The fourth-order valence-corrected chi connectivity index (χ4v) is 4.56. The molecule has 6 nitrogen and oxygen atoms in total. The second-order valence-electron chi connectivity index (χ2n) is 8.95. The number of amides is 1. The van der Waals surface area contributed by atoms with Crippen molar-refractivity contribution < 1.29 is 14.7 Å². The third-order valence-corrected chi connectivity index (χ3v) is 6.70. The highest BCUT2D eigenvalue weighted by Crippen LogP contribution is 2.40. The standard InChI is InChI=1S/C25H33N3O3/c1-18-16-28(12-11-25(18,2)21-9-6-10-22(26)14-21)17-20(24(31)27-15-23(29)30)13-19-7-4-3-5-8-19/h3-10,14,18,20H,11-13,15-17,26H2,1-2H3,(H,27,31)(H,29,30)/t18-,20-,25+/m0/s1. The molecule has 1 fully saturated rings. The molecule has 3 atom stereocenters. The molecule has 2 aromatic rings. The quantitative estimate of drug-likeness (QED) is 0.568. The lowest BCUT2D eigenvalue weighted by Crippen LogP contribution is -2.50. The second-order valence-corrected chi connectivity index (χ2v) is 8.95. The van der Waals surface area contributed by atoms with Crippen LogP contribution in [-0.4, -0.2) is 48.1 Å². The summed E-state index contributed by atoms with van der Waals surface area (Å²) in [5, 5.41) is 11.5. The molecule has 4 N–H and O–H groups in total. The Bertz CT molecular complexity index is 902. The maximum Gasteiger partial charge on any atom is 0.322 e. The molecule has 2 aromatic carbocycles. The summed E-state index contributed by atoms with van der Waals surface area (Å²) in [5.41, 5.74) is 9.18. The van der Waals surface area contributed by atoms with E-state index in [1.54, 1.807) is 0 Å². The number of nitrogens with one attached hydrogen (secondary N) is 1. The van der Waals surface area contributed by atoms with Gasteiger partial charge in [-0.3, -0.25) is 9.59 Å². The Morgan fingerprint density at radius 1 is 1.23 bits per heavy atom. The molecule has 6 heteroatoms. The van der Waals surface area contributed by atoms with Crippen LogP contribution in [0, 0.1) is 11.8 Å². The number of carbonyl (C=O) groups excluding carboxylic acids is 1. The normalized spacial score (nSPS) is 22.6. The average molecular weight is 424 g/mol. The molecule has 0 saturated carbocycles. The molecular weight excluding hydrogens is 390 g/mol. The van der Waals surface area contributed by atoms with Crippen molar-refractivity contribution in [3.05, 3.63) is 65.7 Å². The molecule has 0 radical (unpaired) electrons. The molecule has 3 rings (SSSR count). The van der Waals surface area contributed by atoms with Crippen LogP contribution in [0.1, 0.15) is 31.4 Å². The van der Waals surface area contributed by atoms with Crippen molar-refractivity contribution in [2.75, 3.05) is 31.9 Å². The molecule has 0 aromatic heterocycles.